The molecule has 0 saturated carbocycles. The Morgan fingerprint density at radius 2 is 2.04 bits per heavy atom. The first-order chi connectivity index (χ1) is 12.1. The molecule has 3 rings (SSSR count). The number of nitrogens with zero attached hydrogens (tertiary/aromatic N) is 5. The molecular weight excluding hydrogens is 322 g/mol. The SMILES string of the molecule is CCn1ccc(C(=O)N(C)Cc2nc(-c3ccncc3)no2)cc1=O. The second kappa shape index (κ2) is 7.08. The molecule has 0 spiro atoms. The summed E-state index contributed by atoms with van der Waals surface area (Å²) in [6, 6.07) is 6.50. The maximum Gasteiger partial charge on any atom is 0.254 e. The van der Waals surface area contributed by atoms with Crippen molar-refractivity contribution in [2.75, 3.05) is 7.05 Å². The lowest BCUT2D eigenvalue weighted by Gasteiger charge is -2.15. The molecule has 8 heteroatoms. The fourth-order valence-corrected chi connectivity index (χ4v) is 2.33. The lowest BCUT2D eigenvalue weighted by molar-refractivity contribution is 0.0769. The zero-order valence-corrected chi connectivity index (χ0v) is 13.9. The minimum absolute atomic E-state index is 0.147. The van der Waals surface area contributed by atoms with E-state index in [1.165, 1.54) is 15.5 Å². The van der Waals surface area contributed by atoms with E-state index in [4.69, 9.17) is 4.52 Å². The number of carbonyl (C=O) groups is 1. The van der Waals surface area contributed by atoms with Gasteiger partial charge < -0.3 is 14.0 Å². The van der Waals surface area contributed by atoms with Gasteiger partial charge >= 0.3 is 0 Å². The predicted molar refractivity (Wildman–Crippen MR) is 89.7 cm³/mol. The van der Waals surface area contributed by atoms with Crippen LogP contribution in [0.15, 0.2) is 52.2 Å². The molecule has 3 aromatic heterocycles. The largest absolute Gasteiger partial charge is 0.337 e. The molecule has 3 heterocycles. The number of amides is 1. The molecule has 8 nitrogen and oxygen atoms in total. The molecule has 0 unspecified atom stereocenters. The van der Waals surface area contributed by atoms with Crippen LogP contribution in [0.5, 0.6) is 0 Å². The predicted octanol–water partition coefficient (Wildman–Crippen LogP) is 1.59. The van der Waals surface area contributed by atoms with Crippen LogP contribution in [0, 0.1) is 0 Å². The van der Waals surface area contributed by atoms with Gasteiger partial charge in [0.15, 0.2) is 0 Å². The minimum Gasteiger partial charge on any atom is -0.337 e. The van der Waals surface area contributed by atoms with E-state index < -0.39 is 0 Å². The Morgan fingerprint density at radius 1 is 1.28 bits per heavy atom. The van der Waals surface area contributed by atoms with Crippen molar-refractivity contribution in [3.63, 3.8) is 0 Å². The van der Waals surface area contributed by atoms with Crippen LogP contribution in [0.2, 0.25) is 0 Å². The van der Waals surface area contributed by atoms with Gasteiger partial charge in [-0.05, 0) is 25.1 Å². The minimum atomic E-state index is -0.288. The Hall–Kier alpha value is -3.29. The van der Waals surface area contributed by atoms with Gasteiger partial charge in [-0.25, -0.2) is 0 Å². The third kappa shape index (κ3) is 3.63. The van der Waals surface area contributed by atoms with E-state index in [2.05, 4.69) is 15.1 Å². The van der Waals surface area contributed by atoms with E-state index in [0.717, 1.165) is 5.56 Å². The fourth-order valence-electron chi connectivity index (χ4n) is 2.33. The van der Waals surface area contributed by atoms with Crippen molar-refractivity contribution in [2.45, 2.75) is 20.0 Å². The number of hydrogen-bond acceptors (Lipinski definition) is 6. The molecule has 0 aliphatic rings. The number of rotatable bonds is 5. The molecule has 0 N–H and O–H groups in total. The summed E-state index contributed by atoms with van der Waals surface area (Å²) in [7, 11) is 1.62. The Bertz CT molecular complexity index is 933. The Kier molecular flexibility index (Phi) is 4.69. The molecule has 0 bridgehead atoms. The molecule has 0 saturated heterocycles. The highest BCUT2D eigenvalue weighted by molar-refractivity contribution is 5.93. The van der Waals surface area contributed by atoms with E-state index in [1.807, 2.05) is 6.92 Å². The number of aromatic nitrogens is 4. The molecule has 25 heavy (non-hydrogen) atoms. The average Bonchev–Trinajstić information content (AvgIpc) is 3.10. The molecule has 0 atom stereocenters. The monoisotopic (exact) mass is 339 g/mol. The van der Waals surface area contributed by atoms with Gasteiger partial charge in [-0.3, -0.25) is 14.6 Å². The van der Waals surface area contributed by atoms with Gasteiger partial charge in [0.25, 0.3) is 11.5 Å². The molecule has 0 aromatic carbocycles. The van der Waals surface area contributed by atoms with Crippen molar-refractivity contribution < 1.29 is 9.32 Å². The molecule has 3 aromatic rings. The first kappa shape index (κ1) is 16.6. The lowest BCUT2D eigenvalue weighted by atomic mass is 10.2. The Labute approximate surface area is 143 Å². The summed E-state index contributed by atoms with van der Waals surface area (Å²) >= 11 is 0. The van der Waals surface area contributed by atoms with Gasteiger partial charge in [-0.1, -0.05) is 5.16 Å². The standard InChI is InChI=1S/C17H17N5O3/c1-3-22-9-6-13(10-15(22)23)17(24)21(2)11-14-19-16(20-25-14)12-4-7-18-8-5-12/h4-10H,3,11H2,1-2H3. The highest BCUT2D eigenvalue weighted by Crippen LogP contribution is 2.15. The van der Waals surface area contributed by atoms with E-state index in [-0.39, 0.29) is 18.0 Å². The summed E-state index contributed by atoms with van der Waals surface area (Å²) < 4.78 is 6.72. The third-order valence-electron chi connectivity index (χ3n) is 3.71. The van der Waals surface area contributed by atoms with Crippen LogP contribution in [0.3, 0.4) is 0 Å². The highest BCUT2D eigenvalue weighted by Gasteiger charge is 2.17. The summed E-state index contributed by atoms with van der Waals surface area (Å²) in [6.45, 7) is 2.57. The van der Waals surface area contributed by atoms with Crippen molar-refractivity contribution >= 4 is 5.91 Å². The molecule has 0 radical (unpaired) electrons. The molecule has 128 valence electrons. The van der Waals surface area contributed by atoms with Crippen LogP contribution in [0.1, 0.15) is 23.2 Å². The number of carbonyl (C=O) groups excluding carboxylic acids is 1. The van der Waals surface area contributed by atoms with Gasteiger partial charge in [-0.15, -0.1) is 0 Å². The van der Waals surface area contributed by atoms with Crippen LogP contribution in [-0.4, -0.2) is 37.5 Å². The van der Waals surface area contributed by atoms with Crippen LogP contribution in [0.4, 0.5) is 0 Å². The quantitative estimate of drug-likeness (QED) is 0.700. The summed E-state index contributed by atoms with van der Waals surface area (Å²) in [5, 5.41) is 3.90. The molecule has 0 aliphatic heterocycles. The van der Waals surface area contributed by atoms with Crippen LogP contribution < -0.4 is 5.56 Å². The lowest BCUT2D eigenvalue weighted by Crippen LogP contribution is -2.28. The second-order valence-electron chi connectivity index (χ2n) is 5.45. The normalized spacial score (nSPS) is 10.6. The zero-order valence-electron chi connectivity index (χ0n) is 13.9. The molecular formula is C17H17N5O3. The van der Waals surface area contributed by atoms with E-state index in [0.29, 0.717) is 23.8 Å². The molecule has 1 amide bonds. The Balaban J connectivity index is 1.73. The zero-order chi connectivity index (χ0) is 17.8. The van der Waals surface area contributed by atoms with Crippen molar-refractivity contribution in [3.05, 3.63) is 64.7 Å². The van der Waals surface area contributed by atoms with Crippen molar-refractivity contribution in [3.8, 4) is 11.4 Å². The summed E-state index contributed by atoms with van der Waals surface area (Å²) in [5.74, 6) is 0.456. The summed E-state index contributed by atoms with van der Waals surface area (Å²) in [5.41, 5.74) is 0.896. The van der Waals surface area contributed by atoms with Gasteiger partial charge in [-0.2, -0.15) is 4.98 Å². The van der Waals surface area contributed by atoms with E-state index >= 15 is 0 Å². The van der Waals surface area contributed by atoms with Gasteiger partial charge in [0, 0.05) is 49.4 Å². The number of pyridine rings is 2. The van der Waals surface area contributed by atoms with Gasteiger partial charge in [0.2, 0.25) is 11.7 Å². The smallest absolute Gasteiger partial charge is 0.254 e. The van der Waals surface area contributed by atoms with Crippen molar-refractivity contribution in [2.24, 2.45) is 0 Å². The third-order valence-corrected chi connectivity index (χ3v) is 3.71. The number of hydrogen-bond donors (Lipinski definition) is 0. The second-order valence-corrected chi connectivity index (χ2v) is 5.45. The first-order valence-electron chi connectivity index (χ1n) is 7.77. The Morgan fingerprint density at radius 3 is 2.72 bits per heavy atom. The van der Waals surface area contributed by atoms with Gasteiger partial charge in [0.1, 0.15) is 0 Å². The van der Waals surface area contributed by atoms with E-state index in [1.54, 1.807) is 43.8 Å². The van der Waals surface area contributed by atoms with Gasteiger partial charge in [0.05, 0.1) is 6.54 Å². The van der Waals surface area contributed by atoms with Crippen LogP contribution in [0.25, 0.3) is 11.4 Å². The number of aryl methyl sites for hydroxylation is 1. The molecule has 0 aliphatic carbocycles. The van der Waals surface area contributed by atoms with Crippen molar-refractivity contribution in [1.29, 1.82) is 0 Å². The summed E-state index contributed by atoms with van der Waals surface area (Å²) in [4.78, 5) is 34.0. The molecule has 0 fully saturated rings. The maximum absolute atomic E-state index is 12.5. The maximum atomic E-state index is 12.5. The first-order valence-corrected chi connectivity index (χ1v) is 7.77. The average molecular weight is 339 g/mol. The summed E-state index contributed by atoms with van der Waals surface area (Å²) in [6.07, 6.45) is 4.89. The van der Waals surface area contributed by atoms with Crippen LogP contribution in [-0.2, 0) is 13.1 Å². The topological polar surface area (TPSA) is 94.1 Å². The van der Waals surface area contributed by atoms with Crippen molar-refractivity contribution in [1.82, 2.24) is 24.6 Å². The highest BCUT2D eigenvalue weighted by atomic mass is 16.5. The fraction of sp³-hybridized carbons (Fsp3) is 0.235. The van der Waals surface area contributed by atoms with E-state index in [9.17, 15) is 9.59 Å². The van der Waals surface area contributed by atoms with Crippen LogP contribution >= 0.6 is 0 Å².